The lowest BCUT2D eigenvalue weighted by Gasteiger charge is -2.14. The Morgan fingerprint density at radius 3 is 2.63 bits per heavy atom. The van der Waals surface area contributed by atoms with Crippen LogP contribution in [0.2, 0.25) is 0 Å². The van der Waals surface area contributed by atoms with Gasteiger partial charge in [0.25, 0.3) is 0 Å². The standard InChI is InChI=1S/C15H18N2OS/c1-9(2)13-14(16-8-17-15(13)19)12-6-5-11(18-4)7-10(12)3/h5-9H,1-4H3,(H,16,17,19). The molecule has 0 amide bonds. The molecule has 2 rings (SSSR count). The zero-order valence-electron chi connectivity index (χ0n) is 11.7. The van der Waals surface area contributed by atoms with Gasteiger partial charge in [-0.3, -0.25) is 0 Å². The van der Waals surface area contributed by atoms with E-state index in [4.69, 9.17) is 17.0 Å². The minimum absolute atomic E-state index is 0.328. The molecule has 1 heterocycles. The number of aromatic nitrogens is 2. The second-order valence-electron chi connectivity index (χ2n) is 4.83. The Morgan fingerprint density at radius 2 is 2.05 bits per heavy atom. The third-order valence-electron chi connectivity index (χ3n) is 3.17. The van der Waals surface area contributed by atoms with Gasteiger partial charge in [-0.25, -0.2) is 4.98 Å². The number of aromatic amines is 1. The van der Waals surface area contributed by atoms with Crippen LogP contribution in [0.5, 0.6) is 5.75 Å². The highest BCUT2D eigenvalue weighted by Crippen LogP contribution is 2.31. The smallest absolute Gasteiger partial charge is 0.133 e. The van der Waals surface area contributed by atoms with Gasteiger partial charge in [-0.15, -0.1) is 0 Å². The van der Waals surface area contributed by atoms with Crippen molar-refractivity contribution in [3.8, 4) is 17.0 Å². The number of methoxy groups -OCH3 is 1. The lowest BCUT2D eigenvalue weighted by Crippen LogP contribution is -2.00. The van der Waals surface area contributed by atoms with Crippen LogP contribution < -0.4 is 4.74 Å². The first-order chi connectivity index (χ1) is 9.04. The van der Waals surface area contributed by atoms with Gasteiger partial charge in [0, 0.05) is 11.1 Å². The van der Waals surface area contributed by atoms with Crippen molar-refractivity contribution in [3.05, 3.63) is 40.3 Å². The van der Waals surface area contributed by atoms with E-state index in [2.05, 4.69) is 36.8 Å². The summed E-state index contributed by atoms with van der Waals surface area (Å²) in [7, 11) is 1.67. The van der Waals surface area contributed by atoms with E-state index in [9.17, 15) is 0 Å². The summed E-state index contributed by atoms with van der Waals surface area (Å²) in [6, 6.07) is 6.04. The van der Waals surface area contributed by atoms with Crippen LogP contribution in [0.4, 0.5) is 0 Å². The molecule has 1 aromatic carbocycles. The summed E-state index contributed by atoms with van der Waals surface area (Å²) < 4.78 is 5.91. The van der Waals surface area contributed by atoms with Crippen LogP contribution in [0.15, 0.2) is 24.5 Å². The summed E-state index contributed by atoms with van der Waals surface area (Å²) in [5, 5.41) is 0. The fraction of sp³-hybridized carbons (Fsp3) is 0.333. The molecular formula is C15H18N2OS. The molecule has 0 saturated carbocycles. The average Bonchev–Trinajstić information content (AvgIpc) is 2.37. The number of H-pyrrole nitrogens is 1. The Balaban J connectivity index is 2.66. The molecule has 0 aliphatic heterocycles. The molecule has 1 N–H and O–H groups in total. The summed E-state index contributed by atoms with van der Waals surface area (Å²) in [4.78, 5) is 7.42. The maximum absolute atomic E-state index is 5.35. The van der Waals surface area contributed by atoms with Gasteiger partial charge in [0.15, 0.2) is 0 Å². The van der Waals surface area contributed by atoms with Crippen LogP contribution in [0.1, 0.15) is 30.9 Å². The Labute approximate surface area is 118 Å². The van der Waals surface area contributed by atoms with Gasteiger partial charge in [0.05, 0.1) is 19.1 Å². The minimum Gasteiger partial charge on any atom is -0.497 e. The lowest BCUT2D eigenvalue weighted by atomic mass is 9.96. The number of ether oxygens (including phenoxy) is 1. The van der Waals surface area contributed by atoms with Crippen molar-refractivity contribution in [1.82, 2.24) is 9.97 Å². The number of nitrogens with one attached hydrogen (secondary N) is 1. The van der Waals surface area contributed by atoms with Gasteiger partial charge in [-0.1, -0.05) is 26.1 Å². The number of hydrogen-bond acceptors (Lipinski definition) is 3. The molecule has 4 heteroatoms. The average molecular weight is 274 g/mol. The zero-order valence-corrected chi connectivity index (χ0v) is 12.5. The van der Waals surface area contributed by atoms with Gasteiger partial charge in [0.2, 0.25) is 0 Å². The highest BCUT2D eigenvalue weighted by Gasteiger charge is 2.13. The molecule has 0 radical (unpaired) electrons. The number of hydrogen-bond donors (Lipinski definition) is 1. The molecule has 3 nitrogen and oxygen atoms in total. The molecule has 0 fully saturated rings. The highest BCUT2D eigenvalue weighted by molar-refractivity contribution is 7.71. The van der Waals surface area contributed by atoms with Crippen molar-refractivity contribution in [2.24, 2.45) is 0 Å². The molecule has 2 aromatic rings. The van der Waals surface area contributed by atoms with Gasteiger partial charge >= 0.3 is 0 Å². The predicted molar refractivity (Wildman–Crippen MR) is 80.2 cm³/mol. The molecule has 19 heavy (non-hydrogen) atoms. The first-order valence-corrected chi connectivity index (χ1v) is 6.68. The Bertz CT molecular complexity index is 647. The van der Waals surface area contributed by atoms with Crippen molar-refractivity contribution >= 4 is 12.2 Å². The van der Waals surface area contributed by atoms with Crippen LogP contribution in [-0.2, 0) is 0 Å². The van der Waals surface area contributed by atoms with E-state index in [-0.39, 0.29) is 0 Å². The SMILES string of the molecule is COc1ccc(-c2[nH]cnc(=S)c2C(C)C)c(C)c1. The third kappa shape index (κ3) is 2.68. The fourth-order valence-electron chi connectivity index (χ4n) is 2.21. The molecule has 0 spiro atoms. The van der Waals surface area contributed by atoms with Crippen molar-refractivity contribution in [1.29, 1.82) is 0 Å². The quantitative estimate of drug-likeness (QED) is 0.850. The van der Waals surface area contributed by atoms with Crippen molar-refractivity contribution < 1.29 is 4.74 Å². The molecule has 1 aromatic heterocycles. The summed E-state index contributed by atoms with van der Waals surface area (Å²) >= 11 is 5.35. The molecule has 0 aliphatic carbocycles. The minimum atomic E-state index is 0.328. The van der Waals surface area contributed by atoms with Crippen LogP contribution in [0.25, 0.3) is 11.3 Å². The van der Waals surface area contributed by atoms with Crippen LogP contribution in [0.3, 0.4) is 0 Å². The summed E-state index contributed by atoms with van der Waals surface area (Å²) in [5.74, 6) is 1.19. The maximum atomic E-state index is 5.35. The summed E-state index contributed by atoms with van der Waals surface area (Å²) in [5.41, 5.74) is 4.43. The summed E-state index contributed by atoms with van der Waals surface area (Å²) in [6.07, 6.45) is 1.66. The molecule has 0 unspecified atom stereocenters. The molecule has 100 valence electrons. The number of nitrogens with zero attached hydrogens (tertiary/aromatic N) is 1. The van der Waals surface area contributed by atoms with E-state index in [1.807, 2.05) is 12.1 Å². The molecule has 0 saturated heterocycles. The molecule has 0 atom stereocenters. The van der Waals surface area contributed by atoms with Crippen molar-refractivity contribution in [2.45, 2.75) is 26.7 Å². The zero-order chi connectivity index (χ0) is 14.0. The lowest BCUT2D eigenvalue weighted by molar-refractivity contribution is 0.414. The summed E-state index contributed by atoms with van der Waals surface area (Å²) in [6.45, 7) is 6.32. The Kier molecular flexibility index (Phi) is 4.00. The fourth-order valence-corrected chi connectivity index (χ4v) is 2.60. The predicted octanol–water partition coefficient (Wildman–Crippen LogP) is 4.25. The Hall–Kier alpha value is -1.68. The van der Waals surface area contributed by atoms with Crippen LogP contribution >= 0.6 is 12.2 Å². The first kappa shape index (κ1) is 13.7. The Morgan fingerprint density at radius 1 is 1.32 bits per heavy atom. The molecule has 0 bridgehead atoms. The van der Waals surface area contributed by atoms with Gasteiger partial charge in [0.1, 0.15) is 10.4 Å². The van der Waals surface area contributed by atoms with E-state index >= 15 is 0 Å². The van der Waals surface area contributed by atoms with E-state index in [1.54, 1.807) is 13.4 Å². The van der Waals surface area contributed by atoms with Crippen LogP contribution in [-0.4, -0.2) is 17.1 Å². The van der Waals surface area contributed by atoms with Crippen molar-refractivity contribution in [2.75, 3.05) is 7.11 Å². The van der Waals surface area contributed by atoms with E-state index in [0.29, 0.717) is 10.6 Å². The molecular weight excluding hydrogens is 256 g/mol. The number of aryl methyl sites for hydroxylation is 1. The number of rotatable bonds is 3. The normalized spacial score (nSPS) is 10.8. The van der Waals surface area contributed by atoms with E-state index in [1.165, 1.54) is 0 Å². The van der Waals surface area contributed by atoms with E-state index < -0.39 is 0 Å². The second kappa shape index (κ2) is 5.53. The second-order valence-corrected chi connectivity index (χ2v) is 5.22. The van der Waals surface area contributed by atoms with Crippen molar-refractivity contribution in [3.63, 3.8) is 0 Å². The maximum Gasteiger partial charge on any atom is 0.133 e. The number of benzene rings is 1. The van der Waals surface area contributed by atoms with Gasteiger partial charge in [-0.2, -0.15) is 0 Å². The van der Waals surface area contributed by atoms with Gasteiger partial charge < -0.3 is 9.72 Å². The first-order valence-electron chi connectivity index (χ1n) is 6.27. The molecule has 0 aliphatic rings. The van der Waals surface area contributed by atoms with Gasteiger partial charge in [-0.05, 0) is 36.6 Å². The topological polar surface area (TPSA) is 37.9 Å². The monoisotopic (exact) mass is 274 g/mol. The van der Waals surface area contributed by atoms with Crippen LogP contribution in [0, 0.1) is 11.6 Å². The largest absolute Gasteiger partial charge is 0.497 e. The highest BCUT2D eigenvalue weighted by atomic mass is 32.1. The van der Waals surface area contributed by atoms with E-state index in [0.717, 1.165) is 28.1 Å². The third-order valence-corrected chi connectivity index (χ3v) is 3.50.